The molecule has 1 amide bonds. The van der Waals surface area contributed by atoms with Gasteiger partial charge < -0.3 is 14.7 Å². The minimum Gasteiger partial charge on any atom is -0.360 e. The van der Waals surface area contributed by atoms with Crippen LogP contribution in [0.15, 0.2) is 10.6 Å². The molecule has 3 aliphatic rings. The van der Waals surface area contributed by atoms with Crippen molar-refractivity contribution in [3.63, 3.8) is 0 Å². The fraction of sp³-hybridized carbons (Fsp3) is 0.833. The highest BCUT2D eigenvalue weighted by atomic mass is 32.2. The van der Waals surface area contributed by atoms with E-state index in [1.54, 1.807) is 6.07 Å². The van der Waals surface area contributed by atoms with Crippen LogP contribution in [-0.4, -0.2) is 79.4 Å². The summed E-state index contributed by atoms with van der Waals surface area (Å²) in [5.41, 5.74) is 0.272. The number of nitrogens with zero attached hydrogens (tertiary/aromatic N) is 3. The van der Waals surface area contributed by atoms with E-state index in [0.29, 0.717) is 38.4 Å². The zero-order chi connectivity index (χ0) is 25.9. The van der Waals surface area contributed by atoms with Gasteiger partial charge in [0.15, 0.2) is 5.69 Å². The summed E-state index contributed by atoms with van der Waals surface area (Å²) in [5.74, 6) is 1.03. The van der Waals surface area contributed by atoms with Crippen LogP contribution in [0.3, 0.4) is 0 Å². The Hall–Kier alpha value is -1.66. The lowest BCUT2D eigenvalue weighted by Crippen LogP contribution is -2.48. The molecule has 4 rings (SSSR count). The van der Waals surface area contributed by atoms with Crippen LogP contribution in [0, 0.1) is 5.92 Å². The van der Waals surface area contributed by atoms with Gasteiger partial charge in [-0.15, -0.1) is 0 Å². The molecule has 2 saturated carbocycles. The Labute approximate surface area is 211 Å². The van der Waals surface area contributed by atoms with Crippen LogP contribution in [0.2, 0.25) is 0 Å². The molecule has 1 saturated heterocycles. The Bertz CT molecular complexity index is 980. The van der Waals surface area contributed by atoms with Crippen molar-refractivity contribution in [1.29, 1.82) is 0 Å². The minimum atomic E-state index is -4.12. The maximum Gasteiger partial charge on any atom is 0.389 e. The molecule has 0 atom stereocenters. The second-order valence-electron chi connectivity index (χ2n) is 10.7. The number of sulfonamides is 1. The molecular weight excluding hydrogens is 497 g/mol. The third-order valence-corrected chi connectivity index (χ3v) is 9.82. The predicted molar refractivity (Wildman–Crippen MR) is 128 cm³/mol. The van der Waals surface area contributed by atoms with Gasteiger partial charge in [0.1, 0.15) is 5.76 Å². The summed E-state index contributed by atoms with van der Waals surface area (Å²) in [4.78, 5) is 14.5. The van der Waals surface area contributed by atoms with Gasteiger partial charge >= 0.3 is 6.18 Å². The lowest BCUT2D eigenvalue weighted by atomic mass is 9.86. The number of hydrogen-bond acceptors (Lipinski definition) is 6. The average molecular weight is 535 g/mol. The molecular formula is C24H37F3N4O4S. The number of carbonyl (C=O) groups excluding carboxylic acids is 1. The van der Waals surface area contributed by atoms with Gasteiger partial charge in [0.25, 0.3) is 5.91 Å². The Morgan fingerprint density at radius 3 is 2.42 bits per heavy atom. The summed E-state index contributed by atoms with van der Waals surface area (Å²) in [7, 11) is -1.54. The van der Waals surface area contributed by atoms with Crippen molar-refractivity contribution in [3.8, 4) is 0 Å². The Balaban J connectivity index is 1.16. The summed E-state index contributed by atoms with van der Waals surface area (Å²) >= 11 is 0. The smallest absolute Gasteiger partial charge is 0.360 e. The lowest BCUT2D eigenvalue weighted by Gasteiger charge is -2.36. The third-order valence-electron chi connectivity index (χ3n) is 7.78. The minimum absolute atomic E-state index is 0.0695. The average Bonchev–Trinajstić information content (AvgIpc) is 3.55. The number of nitrogens with one attached hydrogen (secondary N) is 1. The monoisotopic (exact) mass is 534 g/mol. The summed E-state index contributed by atoms with van der Waals surface area (Å²) in [6.07, 6.45) is 1.56. The van der Waals surface area contributed by atoms with E-state index in [9.17, 15) is 26.4 Å². The van der Waals surface area contributed by atoms with Gasteiger partial charge in [-0.3, -0.25) is 4.79 Å². The maximum absolute atomic E-state index is 13.0. The van der Waals surface area contributed by atoms with Crippen LogP contribution >= 0.6 is 0 Å². The summed E-state index contributed by atoms with van der Waals surface area (Å²) in [5, 5.41) is 6.81. The van der Waals surface area contributed by atoms with Crippen molar-refractivity contribution < 1.29 is 30.9 Å². The normalized spacial score (nSPS) is 24.8. The molecule has 0 bridgehead atoms. The fourth-order valence-corrected chi connectivity index (χ4v) is 7.27. The zero-order valence-corrected chi connectivity index (χ0v) is 21.6. The maximum atomic E-state index is 13.0. The van der Waals surface area contributed by atoms with Gasteiger partial charge in [-0.1, -0.05) is 5.16 Å². The molecule has 1 aromatic heterocycles. The van der Waals surface area contributed by atoms with Crippen LogP contribution in [0.1, 0.15) is 86.4 Å². The molecule has 3 fully saturated rings. The highest BCUT2D eigenvalue weighted by molar-refractivity contribution is 7.89. The van der Waals surface area contributed by atoms with Crippen molar-refractivity contribution in [3.05, 3.63) is 17.5 Å². The quantitative estimate of drug-likeness (QED) is 0.489. The highest BCUT2D eigenvalue weighted by Gasteiger charge is 2.34. The third kappa shape index (κ3) is 7.67. The van der Waals surface area contributed by atoms with Crippen molar-refractivity contribution >= 4 is 15.9 Å². The summed E-state index contributed by atoms with van der Waals surface area (Å²) in [6, 6.07) is 1.80. The molecule has 2 heterocycles. The fourth-order valence-electron chi connectivity index (χ4n) is 5.36. The second kappa shape index (κ2) is 11.4. The number of aromatic nitrogens is 1. The molecule has 0 spiro atoms. The molecule has 36 heavy (non-hydrogen) atoms. The lowest BCUT2D eigenvalue weighted by molar-refractivity contribution is -0.136. The first kappa shape index (κ1) is 27.4. The van der Waals surface area contributed by atoms with E-state index in [1.165, 1.54) is 4.31 Å². The van der Waals surface area contributed by atoms with Gasteiger partial charge in [-0.05, 0) is 77.3 Å². The molecule has 1 aliphatic heterocycles. The molecule has 204 valence electrons. The van der Waals surface area contributed by atoms with Gasteiger partial charge in [0.05, 0.1) is 5.75 Å². The topological polar surface area (TPSA) is 95.8 Å². The van der Waals surface area contributed by atoms with Crippen molar-refractivity contribution in [2.75, 3.05) is 32.4 Å². The van der Waals surface area contributed by atoms with E-state index in [0.717, 1.165) is 44.3 Å². The summed E-state index contributed by atoms with van der Waals surface area (Å²) < 4.78 is 70.0. The molecule has 8 nitrogen and oxygen atoms in total. The van der Waals surface area contributed by atoms with Crippen LogP contribution in [0.4, 0.5) is 13.2 Å². The number of piperidine rings is 1. The largest absolute Gasteiger partial charge is 0.389 e. The van der Waals surface area contributed by atoms with E-state index < -0.39 is 22.6 Å². The van der Waals surface area contributed by atoms with E-state index in [1.807, 2.05) is 11.9 Å². The Morgan fingerprint density at radius 1 is 1.14 bits per heavy atom. The van der Waals surface area contributed by atoms with Crippen LogP contribution < -0.4 is 5.32 Å². The molecule has 1 aromatic rings. The van der Waals surface area contributed by atoms with Crippen molar-refractivity contribution in [2.24, 2.45) is 5.92 Å². The molecule has 0 radical (unpaired) electrons. The predicted octanol–water partition coefficient (Wildman–Crippen LogP) is 3.91. The number of rotatable bonds is 10. The van der Waals surface area contributed by atoms with E-state index >= 15 is 0 Å². The molecule has 2 aliphatic carbocycles. The van der Waals surface area contributed by atoms with Crippen LogP contribution in [-0.2, 0) is 10.0 Å². The Morgan fingerprint density at radius 2 is 1.81 bits per heavy atom. The number of hydrogen-bond donors (Lipinski definition) is 1. The van der Waals surface area contributed by atoms with E-state index in [-0.39, 0.29) is 41.8 Å². The Kier molecular flexibility index (Phi) is 8.66. The van der Waals surface area contributed by atoms with Gasteiger partial charge in [-0.25, -0.2) is 12.7 Å². The number of carbonyl (C=O) groups is 1. The molecule has 1 N–H and O–H groups in total. The standard InChI is InChI=1S/C24H37F3N4O4S/c1-30(12-2-11-24(25,26)27)20-7-3-17(4-8-20)16-36(33,34)31-13-9-19(10-14-31)28-23(32)21-15-22(35-29-21)18-5-6-18/h15,17-20H,2-14,16H2,1H3,(H,28,32). The second-order valence-corrected chi connectivity index (χ2v) is 12.7. The summed E-state index contributed by atoms with van der Waals surface area (Å²) in [6.45, 7) is 1.14. The van der Waals surface area contributed by atoms with Gasteiger partial charge in [0.2, 0.25) is 10.0 Å². The van der Waals surface area contributed by atoms with E-state index in [2.05, 4.69) is 10.5 Å². The first-order valence-corrected chi connectivity index (χ1v) is 14.6. The first-order valence-electron chi connectivity index (χ1n) is 13.0. The number of alkyl halides is 3. The number of halogens is 3. The number of amides is 1. The zero-order valence-electron chi connectivity index (χ0n) is 20.8. The molecule has 0 unspecified atom stereocenters. The van der Waals surface area contributed by atoms with Crippen LogP contribution in [0.25, 0.3) is 0 Å². The SMILES string of the molecule is CN(CCCC(F)(F)F)C1CCC(CS(=O)(=O)N2CCC(NC(=O)c3cc(C4CC4)on3)CC2)CC1. The van der Waals surface area contributed by atoms with E-state index in [4.69, 9.17) is 4.52 Å². The van der Waals surface area contributed by atoms with Gasteiger partial charge in [-0.2, -0.15) is 13.2 Å². The van der Waals surface area contributed by atoms with Crippen molar-refractivity contribution in [1.82, 2.24) is 19.7 Å². The van der Waals surface area contributed by atoms with Crippen molar-refractivity contribution in [2.45, 2.75) is 88.4 Å². The van der Waals surface area contributed by atoms with Crippen LogP contribution in [0.5, 0.6) is 0 Å². The highest BCUT2D eigenvalue weighted by Crippen LogP contribution is 2.40. The first-order chi connectivity index (χ1) is 17.0. The van der Waals surface area contributed by atoms with Gasteiger partial charge in [0, 0.05) is 43.6 Å². The molecule has 0 aromatic carbocycles. The molecule has 12 heteroatoms.